The highest BCUT2D eigenvalue weighted by molar-refractivity contribution is 7.99. The van der Waals surface area contributed by atoms with Crippen molar-refractivity contribution in [1.82, 2.24) is 9.62 Å². The van der Waals surface area contributed by atoms with Gasteiger partial charge in [0, 0.05) is 40.9 Å². The maximum absolute atomic E-state index is 13.9. The third kappa shape index (κ3) is 7.44. The summed E-state index contributed by atoms with van der Waals surface area (Å²) in [6.07, 6.45) is 14.6. The van der Waals surface area contributed by atoms with Gasteiger partial charge in [0.2, 0.25) is 0 Å². The van der Waals surface area contributed by atoms with Gasteiger partial charge in [-0.3, -0.25) is 9.52 Å². The summed E-state index contributed by atoms with van der Waals surface area (Å²) in [5.41, 5.74) is 3.85. The van der Waals surface area contributed by atoms with Gasteiger partial charge in [-0.05, 0) is 136 Å². The van der Waals surface area contributed by atoms with Crippen LogP contribution in [0, 0.1) is 17.8 Å². The van der Waals surface area contributed by atoms with Crippen molar-refractivity contribution in [3.05, 3.63) is 70.3 Å². The summed E-state index contributed by atoms with van der Waals surface area (Å²) in [7, 11) is -2.91. The lowest BCUT2D eigenvalue weighted by Crippen LogP contribution is -2.50. The van der Waals surface area contributed by atoms with Crippen molar-refractivity contribution in [2.45, 2.75) is 88.4 Å². The molecule has 266 valence electrons. The van der Waals surface area contributed by atoms with Gasteiger partial charge in [0.1, 0.15) is 5.75 Å². The number of likely N-dealkylation sites (tertiary alicyclic amines) is 1. The van der Waals surface area contributed by atoms with Crippen LogP contribution in [-0.4, -0.2) is 78.2 Å². The van der Waals surface area contributed by atoms with E-state index >= 15 is 0 Å². The molecule has 7 atom stereocenters. The van der Waals surface area contributed by atoms with Gasteiger partial charge in [-0.25, -0.2) is 4.21 Å². The number of allylic oxidation sites excluding steroid dienone is 1. The summed E-state index contributed by atoms with van der Waals surface area (Å²) in [6.45, 7) is 10.3. The molecule has 1 spiro atoms. The van der Waals surface area contributed by atoms with E-state index in [0.717, 1.165) is 81.2 Å². The summed E-state index contributed by atoms with van der Waals surface area (Å²) < 4.78 is 30.2. The third-order valence-electron chi connectivity index (χ3n) is 12.3. The van der Waals surface area contributed by atoms with Gasteiger partial charge >= 0.3 is 0 Å². The zero-order chi connectivity index (χ0) is 34.2. The van der Waals surface area contributed by atoms with Gasteiger partial charge in [0.05, 0.1) is 34.7 Å². The number of anilines is 1. The molecule has 1 amide bonds. The van der Waals surface area contributed by atoms with E-state index < -0.39 is 9.71 Å². The zero-order valence-electron chi connectivity index (χ0n) is 29.3. The Bertz CT molecular complexity index is 1660. The van der Waals surface area contributed by atoms with E-state index in [1.165, 1.54) is 43.5 Å². The average Bonchev–Trinajstić information content (AvgIpc) is 3.22. The summed E-state index contributed by atoms with van der Waals surface area (Å²) in [5.74, 6) is 5.40. The Labute approximate surface area is 298 Å². The monoisotopic (exact) mass is 707 g/mol. The summed E-state index contributed by atoms with van der Waals surface area (Å²) in [4.78, 5) is 18.7. The standard InChI is InChI=1S/C40H54ClN3O4S/c1-28-9-7-11-37(47-22-21-43-19-5-4-6-20-43)34-15-12-32(34)25-44-26-40(18-8-10-30-23-33(41)14-16-35(30)40)27-48-38-17-13-31(24-36(38)44)39(45)42-49(3,46)29(28)2/h7,11,13-14,16-17,23-24,28-29,32,34,37H,3-6,8-10,12,15,18-22,25-27H2,1-2H3,(H,42,45,46)/b11-7+/t28-,29+,32-,34+,37-,40-,49?/m0/s1. The first-order valence-corrected chi connectivity index (χ1v) is 20.8. The number of hydrogen-bond acceptors (Lipinski definition) is 6. The van der Waals surface area contributed by atoms with Crippen LogP contribution in [0.25, 0.3) is 0 Å². The average molecular weight is 708 g/mol. The van der Waals surface area contributed by atoms with E-state index in [0.29, 0.717) is 24.0 Å². The zero-order valence-corrected chi connectivity index (χ0v) is 30.9. The number of nitrogens with zero attached hydrogens (tertiary/aromatic N) is 2. The number of aryl methyl sites for hydroxylation is 1. The van der Waals surface area contributed by atoms with Crippen molar-refractivity contribution >= 4 is 38.8 Å². The number of fused-ring (bicyclic) bond motifs is 4. The number of carbonyl (C=O) groups is 1. The highest BCUT2D eigenvalue weighted by atomic mass is 35.5. The summed E-state index contributed by atoms with van der Waals surface area (Å²) >= 11 is 6.48. The van der Waals surface area contributed by atoms with Crippen molar-refractivity contribution < 1.29 is 18.5 Å². The number of nitrogens with one attached hydrogen (secondary N) is 1. The van der Waals surface area contributed by atoms with Crippen molar-refractivity contribution in [2.75, 3.05) is 50.8 Å². The fraction of sp³-hybridized carbons (Fsp3) is 0.600. The predicted octanol–water partition coefficient (Wildman–Crippen LogP) is 7.06. The Hall–Kier alpha value is -2.52. The van der Waals surface area contributed by atoms with Crippen LogP contribution in [0.1, 0.15) is 86.7 Å². The van der Waals surface area contributed by atoms with E-state index in [4.69, 9.17) is 21.1 Å². The normalized spacial score (nSPS) is 34.5. The molecule has 2 fully saturated rings. The van der Waals surface area contributed by atoms with E-state index in [1.54, 1.807) is 6.07 Å². The van der Waals surface area contributed by atoms with Crippen LogP contribution in [0.2, 0.25) is 5.02 Å². The van der Waals surface area contributed by atoms with Crippen LogP contribution in [0.4, 0.5) is 5.69 Å². The van der Waals surface area contributed by atoms with Crippen LogP contribution in [0.5, 0.6) is 5.75 Å². The molecule has 2 aromatic rings. The second kappa shape index (κ2) is 14.6. The Morgan fingerprint density at radius 2 is 1.94 bits per heavy atom. The summed E-state index contributed by atoms with van der Waals surface area (Å²) in [5, 5.41) is 0.473. The van der Waals surface area contributed by atoms with E-state index in [9.17, 15) is 9.00 Å². The number of rotatable bonds is 4. The fourth-order valence-corrected chi connectivity index (χ4v) is 10.6. The van der Waals surface area contributed by atoms with Crippen LogP contribution >= 0.6 is 11.6 Å². The molecule has 1 saturated heterocycles. The first-order valence-electron chi connectivity index (χ1n) is 18.6. The number of carbonyl (C=O) groups excluding carboxylic acids is 1. The molecule has 0 aromatic heterocycles. The lowest BCUT2D eigenvalue weighted by Gasteiger charge is -2.46. The molecule has 49 heavy (non-hydrogen) atoms. The molecule has 1 N–H and O–H groups in total. The van der Waals surface area contributed by atoms with Crippen LogP contribution in [0.15, 0.2) is 48.6 Å². The Morgan fingerprint density at radius 1 is 1.10 bits per heavy atom. The number of piperidine rings is 1. The number of hydrogen-bond donors (Lipinski definition) is 1. The maximum Gasteiger partial charge on any atom is 0.262 e. The molecule has 1 saturated carbocycles. The van der Waals surface area contributed by atoms with Crippen LogP contribution in [0.3, 0.4) is 0 Å². The van der Waals surface area contributed by atoms with Gasteiger partial charge in [0.25, 0.3) is 5.91 Å². The molecular weight excluding hydrogens is 654 g/mol. The lowest BCUT2D eigenvalue weighted by atomic mass is 9.68. The minimum Gasteiger partial charge on any atom is -0.490 e. The van der Waals surface area contributed by atoms with Gasteiger partial charge in [-0.15, -0.1) is 0 Å². The quantitative estimate of drug-likeness (QED) is 0.271. The first-order chi connectivity index (χ1) is 23.6. The van der Waals surface area contributed by atoms with Crippen molar-refractivity contribution in [1.29, 1.82) is 0 Å². The highest BCUT2D eigenvalue weighted by Gasteiger charge is 2.44. The van der Waals surface area contributed by atoms with Crippen molar-refractivity contribution in [3.63, 3.8) is 0 Å². The largest absolute Gasteiger partial charge is 0.490 e. The highest BCUT2D eigenvalue weighted by Crippen LogP contribution is 2.47. The lowest BCUT2D eigenvalue weighted by molar-refractivity contribution is -0.0220. The van der Waals surface area contributed by atoms with Crippen molar-refractivity contribution in [2.24, 2.45) is 17.8 Å². The molecule has 2 aromatic carbocycles. The fourth-order valence-electron chi connectivity index (χ4n) is 8.92. The minimum atomic E-state index is -2.91. The SMILES string of the molecule is C=S1(=O)NC(=O)c2ccc3c(c2)N(C[C@@H]2CC[C@H]2[C@@H](OCCN2CCCCC2)/C=C/C[C@H](C)[C@H]1C)C[C@@]1(CCCc2cc(Cl)ccc21)CO3. The molecule has 1 unspecified atom stereocenters. The summed E-state index contributed by atoms with van der Waals surface area (Å²) in [6, 6.07) is 12.0. The van der Waals surface area contributed by atoms with Gasteiger partial charge in [-0.1, -0.05) is 43.2 Å². The van der Waals surface area contributed by atoms with Gasteiger partial charge in [0.15, 0.2) is 0 Å². The second-order valence-corrected chi connectivity index (χ2v) is 18.4. The predicted molar refractivity (Wildman–Crippen MR) is 202 cm³/mol. The molecule has 7 nitrogen and oxygen atoms in total. The molecule has 9 heteroatoms. The number of amides is 1. The molecule has 0 radical (unpaired) electrons. The topological polar surface area (TPSA) is 71.1 Å². The molecule has 2 aliphatic carbocycles. The van der Waals surface area contributed by atoms with E-state index in [2.05, 4.69) is 51.6 Å². The molecule has 3 aliphatic heterocycles. The van der Waals surface area contributed by atoms with Crippen LogP contribution < -0.4 is 14.4 Å². The van der Waals surface area contributed by atoms with E-state index in [-0.39, 0.29) is 28.6 Å². The Morgan fingerprint density at radius 3 is 2.73 bits per heavy atom. The van der Waals surface area contributed by atoms with Gasteiger partial charge < -0.3 is 19.3 Å². The number of halogens is 1. The molecule has 2 bridgehead atoms. The van der Waals surface area contributed by atoms with E-state index in [1.807, 2.05) is 25.1 Å². The molecule has 7 rings (SSSR count). The maximum atomic E-state index is 13.9. The minimum absolute atomic E-state index is 0.0308. The van der Waals surface area contributed by atoms with Crippen molar-refractivity contribution in [3.8, 4) is 5.75 Å². The first kappa shape index (κ1) is 34.9. The second-order valence-electron chi connectivity index (χ2n) is 15.5. The molecular formula is C40H54ClN3O4S. The molecule has 3 heterocycles. The molecule has 5 aliphatic rings. The van der Waals surface area contributed by atoms with Gasteiger partial charge in [-0.2, -0.15) is 0 Å². The third-order valence-corrected chi connectivity index (χ3v) is 14.8. The van der Waals surface area contributed by atoms with Crippen LogP contribution in [-0.2, 0) is 26.3 Å². The number of ether oxygens (including phenoxy) is 2. The smallest absolute Gasteiger partial charge is 0.262 e. The Kier molecular flexibility index (Phi) is 10.4. The Balaban J connectivity index is 1.23. The number of benzene rings is 2.